The highest BCUT2D eigenvalue weighted by atomic mass is 32.1. The van der Waals surface area contributed by atoms with Gasteiger partial charge in [0.25, 0.3) is 0 Å². The number of thiazole rings is 1. The third kappa shape index (κ3) is 2.18. The average molecular weight is 266 g/mol. The van der Waals surface area contributed by atoms with Crippen molar-refractivity contribution in [1.82, 2.24) is 20.0 Å². The van der Waals surface area contributed by atoms with E-state index in [2.05, 4.69) is 36.1 Å². The Bertz CT molecular complexity index is 546. The molecule has 0 spiro atoms. The molecule has 0 aliphatic rings. The lowest BCUT2D eigenvalue weighted by Crippen LogP contribution is -2.19. The first-order valence-electron chi connectivity index (χ1n) is 5.85. The third-order valence-electron chi connectivity index (χ3n) is 2.80. The van der Waals surface area contributed by atoms with Crippen LogP contribution in [0.4, 0.5) is 0 Å². The number of hydrogen-bond donors (Lipinski definition) is 1. The molecule has 18 heavy (non-hydrogen) atoms. The van der Waals surface area contributed by atoms with Gasteiger partial charge >= 0.3 is 0 Å². The first-order valence-corrected chi connectivity index (χ1v) is 6.66. The monoisotopic (exact) mass is 266 g/mol. The number of aliphatic hydroxyl groups is 1. The largest absolute Gasteiger partial charge is 0.390 e. The molecule has 0 atom stereocenters. The van der Waals surface area contributed by atoms with Crippen LogP contribution in [0, 0.1) is 13.8 Å². The molecule has 0 fully saturated rings. The van der Waals surface area contributed by atoms with E-state index >= 15 is 0 Å². The molecule has 0 unspecified atom stereocenters. The van der Waals surface area contributed by atoms with Gasteiger partial charge in [0.15, 0.2) is 0 Å². The van der Waals surface area contributed by atoms with Crippen molar-refractivity contribution in [2.45, 2.75) is 46.6 Å². The SMILES string of the molecule is Cc1nc(-n2nnc(CO)c2C(C)(C)C)sc1C. The highest BCUT2D eigenvalue weighted by molar-refractivity contribution is 7.14. The Morgan fingerprint density at radius 1 is 1.28 bits per heavy atom. The van der Waals surface area contributed by atoms with Crippen LogP contribution < -0.4 is 0 Å². The maximum atomic E-state index is 9.37. The van der Waals surface area contributed by atoms with Gasteiger partial charge in [-0.05, 0) is 13.8 Å². The minimum atomic E-state index is -0.144. The van der Waals surface area contributed by atoms with E-state index < -0.39 is 0 Å². The Morgan fingerprint density at radius 3 is 2.39 bits per heavy atom. The van der Waals surface area contributed by atoms with Gasteiger partial charge in [-0.3, -0.25) is 0 Å². The van der Waals surface area contributed by atoms with Crippen LogP contribution in [0.3, 0.4) is 0 Å². The number of aliphatic hydroxyl groups excluding tert-OH is 1. The summed E-state index contributed by atoms with van der Waals surface area (Å²) in [5.74, 6) is 0. The van der Waals surface area contributed by atoms with Crippen molar-refractivity contribution in [3.63, 3.8) is 0 Å². The second-order valence-electron chi connectivity index (χ2n) is 5.34. The predicted molar refractivity (Wildman–Crippen MR) is 71.1 cm³/mol. The highest BCUT2D eigenvalue weighted by Crippen LogP contribution is 2.29. The fourth-order valence-corrected chi connectivity index (χ4v) is 2.71. The predicted octanol–water partition coefficient (Wildman–Crippen LogP) is 2.13. The van der Waals surface area contributed by atoms with Crippen LogP contribution >= 0.6 is 11.3 Å². The Kier molecular flexibility index (Phi) is 3.25. The molecule has 0 radical (unpaired) electrons. The fraction of sp³-hybridized carbons (Fsp3) is 0.583. The van der Waals surface area contributed by atoms with Gasteiger partial charge in [0.1, 0.15) is 5.69 Å². The van der Waals surface area contributed by atoms with E-state index in [4.69, 9.17) is 0 Å². The van der Waals surface area contributed by atoms with Gasteiger partial charge in [-0.2, -0.15) is 4.68 Å². The van der Waals surface area contributed by atoms with Gasteiger partial charge in [-0.15, -0.1) is 5.10 Å². The molecule has 0 bridgehead atoms. The lowest BCUT2D eigenvalue weighted by Gasteiger charge is -2.19. The summed E-state index contributed by atoms with van der Waals surface area (Å²) in [5.41, 5.74) is 2.40. The molecule has 2 aromatic heterocycles. The van der Waals surface area contributed by atoms with Crippen LogP contribution in [-0.4, -0.2) is 25.1 Å². The topological polar surface area (TPSA) is 63.8 Å². The first kappa shape index (κ1) is 13.2. The van der Waals surface area contributed by atoms with E-state index in [-0.39, 0.29) is 12.0 Å². The van der Waals surface area contributed by atoms with Gasteiger partial charge in [0.2, 0.25) is 5.13 Å². The molecule has 0 aliphatic heterocycles. The van der Waals surface area contributed by atoms with E-state index in [0.29, 0.717) is 5.69 Å². The number of aryl methyl sites for hydroxylation is 2. The van der Waals surface area contributed by atoms with Gasteiger partial charge in [0.05, 0.1) is 18.0 Å². The molecule has 0 saturated carbocycles. The molecular formula is C12H18N4OS. The lowest BCUT2D eigenvalue weighted by atomic mass is 9.90. The summed E-state index contributed by atoms with van der Waals surface area (Å²) in [6.07, 6.45) is 0. The summed E-state index contributed by atoms with van der Waals surface area (Å²) >= 11 is 1.59. The third-order valence-corrected chi connectivity index (χ3v) is 3.85. The molecule has 98 valence electrons. The molecule has 0 aromatic carbocycles. The normalized spacial score (nSPS) is 12.1. The lowest BCUT2D eigenvalue weighted by molar-refractivity contribution is 0.273. The fourth-order valence-electron chi connectivity index (χ4n) is 1.85. The molecule has 2 heterocycles. The zero-order chi connectivity index (χ0) is 13.5. The molecule has 2 rings (SSSR count). The van der Waals surface area contributed by atoms with E-state index in [1.54, 1.807) is 16.0 Å². The van der Waals surface area contributed by atoms with Crippen molar-refractivity contribution < 1.29 is 5.11 Å². The standard InChI is InChI=1S/C12H18N4OS/c1-7-8(2)18-11(13-7)16-10(12(3,4)5)9(6-17)14-15-16/h17H,6H2,1-5H3. The minimum Gasteiger partial charge on any atom is -0.390 e. The Labute approximate surface area is 110 Å². The van der Waals surface area contributed by atoms with Gasteiger partial charge < -0.3 is 5.11 Å². The number of nitrogens with zero attached hydrogens (tertiary/aromatic N) is 4. The summed E-state index contributed by atoms with van der Waals surface area (Å²) in [7, 11) is 0. The van der Waals surface area contributed by atoms with Crippen LogP contribution in [0.25, 0.3) is 5.13 Å². The van der Waals surface area contributed by atoms with Crippen LogP contribution in [0.15, 0.2) is 0 Å². The van der Waals surface area contributed by atoms with Crippen molar-refractivity contribution in [3.05, 3.63) is 22.0 Å². The van der Waals surface area contributed by atoms with Crippen LogP contribution in [0.1, 0.15) is 42.7 Å². The molecule has 6 heteroatoms. The minimum absolute atomic E-state index is 0.101. The van der Waals surface area contributed by atoms with Crippen LogP contribution in [0.5, 0.6) is 0 Å². The number of aromatic nitrogens is 4. The summed E-state index contributed by atoms with van der Waals surface area (Å²) in [6.45, 7) is 10.2. The Balaban J connectivity index is 2.61. The highest BCUT2D eigenvalue weighted by Gasteiger charge is 2.27. The molecule has 1 N–H and O–H groups in total. The summed E-state index contributed by atoms with van der Waals surface area (Å²) < 4.78 is 1.75. The maximum Gasteiger partial charge on any atom is 0.212 e. The van der Waals surface area contributed by atoms with Crippen LogP contribution in [0.2, 0.25) is 0 Å². The average Bonchev–Trinajstić information content (AvgIpc) is 2.82. The first-order chi connectivity index (χ1) is 8.34. The second-order valence-corrected chi connectivity index (χ2v) is 6.52. The van der Waals surface area contributed by atoms with Crippen LogP contribution in [-0.2, 0) is 12.0 Å². The van der Waals surface area contributed by atoms with Crippen molar-refractivity contribution in [2.75, 3.05) is 0 Å². The van der Waals surface area contributed by atoms with Gasteiger partial charge in [0, 0.05) is 10.3 Å². The van der Waals surface area contributed by atoms with Crippen molar-refractivity contribution in [1.29, 1.82) is 0 Å². The molecule has 2 aromatic rings. The van der Waals surface area contributed by atoms with Crippen molar-refractivity contribution in [3.8, 4) is 5.13 Å². The van der Waals surface area contributed by atoms with E-state index in [0.717, 1.165) is 16.5 Å². The molecule has 5 nitrogen and oxygen atoms in total. The van der Waals surface area contributed by atoms with Crippen molar-refractivity contribution in [2.24, 2.45) is 0 Å². The summed E-state index contributed by atoms with van der Waals surface area (Å²) in [5, 5.41) is 18.4. The van der Waals surface area contributed by atoms with Crippen molar-refractivity contribution >= 4 is 11.3 Å². The van der Waals surface area contributed by atoms with E-state index in [1.165, 1.54) is 4.88 Å². The molecule has 0 aliphatic carbocycles. The smallest absolute Gasteiger partial charge is 0.212 e. The summed E-state index contributed by atoms with van der Waals surface area (Å²) in [4.78, 5) is 5.67. The van der Waals surface area contributed by atoms with E-state index in [9.17, 15) is 5.11 Å². The number of rotatable bonds is 2. The molecule has 0 saturated heterocycles. The van der Waals surface area contributed by atoms with Gasteiger partial charge in [-0.1, -0.05) is 37.3 Å². The van der Waals surface area contributed by atoms with E-state index in [1.807, 2.05) is 13.8 Å². The quantitative estimate of drug-likeness (QED) is 0.904. The number of hydrogen-bond acceptors (Lipinski definition) is 5. The zero-order valence-corrected chi connectivity index (χ0v) is 12.2. The second kappa shape index (κ2) is 4.44. The zero-order valence-electron chi connectivity index (χ0n) is 11.4. The molecule has 0 amide bonds. The molecular weight excluding hydrogens is 248 g/mol. The Hall–Kier alpha value is -1.27. The van der Waals surface area contributed by atoms with Gasteiger partial charge in [-0.25, -0.2) is 4.98 Å². The Morgan fingerprint density at radius 2 is 1.94 bits per heavy atom. The summed E-state index contributed by atoms with van der Waals surface area (Å²) in [6, 6.07) is 0. The maximum absolute atomic E-state index is 9.37.